The summed E-state index contributed by atoms with van der Waals surface area (Å²) in [5.41, 5.74) is 5.58. The number of nitrogens with zero attached hydrogens (tertiary/aromatic N) is 2. The topological polar surface area (TPSA) is 61.6 Å². The summed E-state index contributed by atoms with van der Waals surface area (Å²) in [6, 6.07) is 0.602. The molecule has 0 aromatic rings. The van der Waals surface area contributed by atoms with E-state index in [0.29, 0.717) is 12.6 Å². The van der Waals surface area contributed by atoms with E-state index in [-0.39, 0.29) is 11.4 Å². The highest BCUT2D eigenvalue weighted by atomic mass is 16.2. The van der Waals surface area contributed by atoms with Crippen LogP contribution in [-0.4, -0.2) is 66.6 Å². The number of hydrogen-bond donors (Lipinski definition) is 2. The molecule has 1 atom stereocenters. The number of amides is 1. The van der Waals surface area contributed by atoms with Crippen LogP contribution in [0.4, 0.5) is 0 Å². The molecule has 1 rings (SSSR count). The Morgan fingerprint density at radius 1 is 1.24 bits per heavy atom. The first-order valence-electron chi connectivity index (χ1n) is 8.39. The molecule has 0 radical (unpaired) electrons. The molecule has 5 heteroatoms. The molecule has 1 aliphatic heterocycles. The molecule has 1 unspecified atom stereocenters. The van der Waals surface area contributed by atoms with E-state index < -0.39 is 0 Å². The van der Waals surface area contributed by atoms with Gasteiger partial charge in [0.15, 0.2) is 0 Å². The lowest BCUT2D eigenvalue weighted by Gasteiger charge is -2.39. The molecule has 21 heavy (non-hydrogen) atoms. The molecule has 1 fully saturated rings. The van der Waals surface area contributed by atoms with E-state index in [1.807, 2.05) is 0 Å². The zero-order chi connectivity index (χ0) is 15.9. The number of hydrogen-bond acceptors (Lipinski definition) is 4. The van der Waals surface area contributed by atoms with Crippen LogP contribution >= 0.6 is 0 Å². The lowest BCUT2D eigenvalue weighted by Crippen LogP contribution is -2.54. The van der Waals surface area contributed by atoms with Gasteiger partial charge in [0.05, 0.1) is 6.54 Å². The molecule has 0 saturated carbocycles. The van der Waals surface area contributed by atoms with Crippen molar-refractivity contribution >= 4 is 5.91 Å². The minimum atomic E-state index is -0.104. The standard InChI is InChI=1S/C16H34N4O/c1-5-14(7-8-17)20-11-9-19(10-12-20)13-15(21)18-16(3,4)6-2/h14H,5-13,17H2,1-4H3,(H,18,21). The van der Waals surface area contributed by atoms with Crippen LogP contribution in [-0.2, 0) is 4.79 Å². The fourth-order valence-corrected chi connectivity index (χ4v) is 2.83. The molecule has 0 aromatic carbocycles. The Balaban J connectivity index is 2.34. The summed E-state index contributed by atoms with van der Waals surface area (Å²) in [5, 5.41) is 3.11. The first-order valence-corrected chi connectivity index (χ1v) is 8.39. The first kappa shape index (κ1) is 18.4. The Hall–Kier alpha value is -0.650. The lowest BCUT2D eigenvalue weighted by molar-refractivity contribution is -0.124. The van der Waals surface area contributed by atoms with Gasteiger partial charge in [0.2, 0.25) is 5.91 Å². The highest BCUT2D eigenvalue weighted by Crippen LogP contribution is 2.12. The number of rotatable bonds is 8. The van der Waals surface area contributed by atoms with Gasteiger partial charge in [0.25, 0.3) is 0 Å². The normalized spacial score (nSPS) is 19.5. The van der Waals surface area contributed by atoms with Crippen LogP contribution in [0.2, 0.25) is 0 Å². The van der Waals surface area contributed by atoms with Crippen molar-refractivity contribution in [1.82, 2.24) is 15.1 Å². The monoisotopic (exact) mass is 298 g/mol. The summed E-state index contributed by atoms with van der Waals surface area (Å²) in [7, 11) is 0. The van der Waals surface area contributed by atoms with Crippen LogP contribution < -0.4 is 11.1 Å². The van der Waals surface area contributed by atoms with Gasteiger partial charge in [0.1, 0.15) is 0 Å². The third-order valence-corrected chi connectivity index (χ3v) is 4.62. The van der Waals surface area contributed by atoms with E-state index in [1.54, 1.807) is 0 Å². The van der Waals surface area contributed by atoms with Crippen molar-refractivity contribution in [1.29, 1.82) is 0 Å². The molecule has 3 N–H and O–H groups in total. The quantitative estimate of drug-likeness (QED) is 0.703. The molecule has 5 nitrogen and oxygen atoms in total. The van der Waals surface area contributed by atoms with Gasteiger partial charge < -0.3 is 11.1 Å². The van der Waals surface area contributed by atoms with E-state index in [1.165, 1.54) is 0 Å². The second-order valence-electron chi connectivity index (χ2n) is 6.74. The predicted octanol–water partition coefficient (Wildman–Crippen LogP) is 1.04. The summed E-state index contributed by atoms with van der Waals surface area (Å²) in [6.45, 7) is 13.8. The van der Waals surface area contributed by atoms with Gasteiger partial charge in [0, 0.05) is 37.8 Å². The fourth-order valence-electron chi connectivity index (χ4n) is 2.83. The maximum atomic E-state index is 12.1. The molecule has 0 aromatic heterocycles. The van der Waals surface area contributed by atoms with Crippen LogP contribution in [0.25, 0.3) is 0 Å². The molecule has 1 heterocycles. The molecule has 1 saturated heterocycles. The maximum absolute atomic E-state index is 12.1. The molecule has 0 spiro atoms. The number of carbonyl (C=O) groups excluding carboxylic acids is 1. The van der Waals surface area contributed by atoms with Gasteiger partial charge in [-0.15, -0.1) is 0 Å². The lowest BCUT2D eigenvalue weighted by atomic mass is 10.0. The highest BCUT2D eigenvalue weighted by Gasteiger charge is 2.24. The first-order chi connectivity index (χ1) is 9.91. The van der Waals surface area contributed by atoms with Crippen molar-refractivity contribution in [3.8, 4) is 0 Å². The molecule has 0 aliphatic carbocycles. The van der Waals surface area contributed by atoms with Crippen molar-refractivity contribution in [2.75, 3.05) is 39.3 Å². The molecular weight excluding hydrogens is 264 g/mol. The number of piperazine rings is 1. The second-order valence-corrected chi connectivity index (χ2v) is 6.74. The SMILES string of the molecule is CCC(CCN)N1CCN(CC(=O)NC(C)(C)CC)CC1. The zero-order valence-electron chi connectivity index (χ0n) is 14.3. The summed E-state index contributed by atoms with van der Waals surface area (Å²) in [5.74, 6) is 0.143. The van der Waals surface area contributed by atoms with E-state index in [4.69, 9.17) is 5.73 Å². The Morgan fingerprint density at radius 3 is 2.33 bits per heavy atom. The zero-order valence-corrected chi connectivity index (χ0v) is 14.3. The summed E-state index contributed by atoms with van der Waals surface area (Å²) < 4.78 is 0. The molecular formula is C16H34N4O. The van der Waals surface area contributed by atoms with E-state index >= 15 is 0 Å². The predicted molar refractivity (Wildman–Crippen MR) is 88.3 cm³/mol. The smallest absolute Gasteiger partial charge is 0.234 e. The van der Waals surface area contributed by atoms with Gasteiger partial charge >= 0.3 is 0 Å². The largest absolute Gasteiger partial charge is 0.350 e. The maximum Gasteiger partial charge on any atom is 0.234 e. The number of nitrogens with two attached hydrogens (primary N) is 1. The fraction of sp³-hybridized carbons (Fsp3) is 0.938. The Morgan fingerprint density at radius 2 is 1.86 bits per heavy atom. The minimum Gasteiger partial charge on any atom is -0.350 e. The van der Waals surface area contributed by atoms with Crippen molar-refractivity contribution in [3.63, 3.8) is 0 Å². The van der Waals surface area contributed by atoms with Crippen molar-refractivity contribution < 1.29 is 4.79 Å². The van der Waals surface area contributed by atoms with Crippen LogP contribution in [0, 0.1) is 0 Å². The van der Waals surface area contributed by atoms with Crippen LogP contribution in [0.15, 0.2) is 0 Å². The van der Waals surface area contributed by atoms with Crippen LogP contribution in [0.3, 0.4) is 0 Å². The van der Waals surface area contributed by atoms with Crippen LogP contribution in [0.1, 0.15) is 47.0 Å². The van der Waals surface area contributed by atoms with Crippen molar-refractivity contribution in [2.24, 2.45) is 5.73 Å². The van der Waals surface area contributed by atoms with Gasteiger partial charge in [-0.1, -0.05) is 13.8 Å². The van der Waals surface area contributed by atoms with E-state index in [2.05, 4.69) is 42.8 Å². The summed E-state index contributed by atoms with van der Waals surface area (Å²) in [6.07, 6.45) is 3.17. The average Bonchev–Trinajstić information content (AvgIpc) is 2.45. The second kappa shape index (κ2) is 8.71. The number of nitrogens with one attached hydrogen (secondary N) is 1. The van der Waals surface area contributed by atoms with Gasteiger partial charge in [-0.3, -0.25) is 14.6 Å². The summed E-state index contributed by atoms with van der Waals surface area (Å²) in [4.78, 5) is 16.9. The van der Waals surface area contributed by atoms with Gasteiger partial charge in [-0.2, -0.15) is 0 Å². The molecule has 1 aliphatic rings. The highest BCUT2D eigenvalue weighted by molar-refractivity contribution is 5.78. The van der Waals surface area contributed by atoms with Crippen molar-refractivity contribution in [3.05, 3.63) is 0 Å². The van der Waals surface area contributed by atoms with Crippen LogP contribution in [0.5, 0.6) is 0 Å². The van der Waals surface area contributed by atoms with E-state index in [9.17, 15) is 4.79 Å². The number of carbonyl (C=O) groups is 1. The molecule has 0 bridgehead atoms. The van der Waals surface area contributed by atoms with Crippen molar-refractivity contribution in [2.45, 2.75) is 58.5 Å². The average molecular weight is 298 g/mol. The molecule has 1 amide bonds. The van der Waals surface area contributed by atoms with Gasteiger partial charge in [-0.25, -0.2) is 0 Å². The Bertz CT molecular complexity index is 311. The third kappa shape index (κ3) is 6.32. The Kier molecular flexibility index (Phi) is 7.63. The molecule has 124 valence electrons. The minimum absolute atomic E-state index is 0.104. The van der Waals surface area contributed by atoms with Gasteiger partial charge in [-0.05, 0) is 39.7 Å². The summed E-state index contributed by atoms with van der Waals surface area (Å²) >= 11 is 0. The Labute approximate surface area is 130 Å². The van der Waals surface area contributed by atoms with E-state index in [0.717, 1.165) is 52.0 Å². The third-order valence-electron chi connectivity index (χ3n) is 4.62.